The van der Waals surface area contributed by atoms with Crippen molar-refractivity contribution in [2.24, 2.45) is 7.05 Å². The minimum absolute atomic E-state index is 0.278. The molecule has 8 heteroatoms. The summed E-state index contributed by atoms with van der Waals surface area (Å²) in [7, 11) is 3.32. The van der Waals surface area contributed by atoms with Crippen molar-refractivity contribution in [1.82, 2.24) is 20.1 Å². The van der Waals surface area contributed by atoms with Gasteiger partial charge in [0.1, 0.15) is 5.54 Å². The van der Waals surface area contributed by atoms with E-state index in [-0.39, 0.29) is 11.7 Å². The fraction of sp³-hybridized carbons (Fsp3) is 0.700. The molecule has 0 aliphatic heterocycles. The molecule has 0 amide bonds. The van der Waals surface area contributed by atoms with Gasteiger partial charge < -0.3 is 10.1 Å². The largest absolute Gasteiger partial charge is 0.465 e. The molecule has 0 saturated carbocycles. The zero-order chi connectivity index (χ0) is 13.8. The van der Waals surface area contributed by atoms with Gasteiger partial charge in [0.2, 0.25) is 0 Å². The number of carbonyl (C=O) groups is 1. The lowest BCUT2D eigenvalue weighted by molar-refractivity contribution is -0.149. The molecule has 1 atom stereocenters. The molecule has 0 saturated heterocycles. The Hall–Kier alpha value is -1.28. The normalized spacial score (nSPS) is 14.2. The van der Waals surface area contributed by atoms with Crippen LogP contribution in [0.1, 0.15) is 13.8 Å². The smallest absolute Gasteiger partial charge is 0.343 e. The van der Waals surface area contributed by atoms with E-state index in [4.69, 9.17) is 4.74 Å². The van der Waals surface area contributed by atoms with Crippen molar-refractivity contribution in [2.45, 2.75) is 24.5 Å². The van der Waals surface area contributed by atoms with E-state index in [2.05, 4.69) is 15.5 Å². The van der Waals surface area contributed by atoms with E-state index in [1.54, 1.807) is 27.9 Å². The Labute approximate surface area is 109 Å². The molecule has 18 heavy (non-hydrogen) atoms. The van der Waals surface area contributed by atoms with Crippen molar-refractivity contribution in [3.63, 3.8) is 0 Å². The number of esters is 1. The average Bonchev–Trinajstić information content (AvgIpc) is 2.67. The van der Waals surface area contributed by atoms with Crippen molar-refractivity contribution >= 4 is 17.7 Å². The number of H-pyrrole nitrogens is 1. The van der Waals surface area contributed by atoms with Crippen molar-refractivity contribution in [3.8, 4) is 0 Å². The molecule has 0 aromatic carbocycles. The van der Waals surface area contributed by atoms with Gasteiger partial charge in [-0.05, 0) is 20.9 Å². The first-order chi connectivity index (χ1) is 8.44. The highest BCUT2D eigenvalue weighted by molar-refractivity contribution is 7.99. The zero-order valence-electron chi connectivity index (χ0n) is 10.9. The summed E-state index contributed by atoms with van der Waals surface area (Å²) in [6.07, 6.45) is 0. The molecule has 102 valence electrons. The van der Waals surface area contributed by atoms with Crippen LogP contribution in [-0.2, 0) is 16.6 Å². The first-order valence-electron chi connectivity index (χ1n) is 5.55. The Bertz CT molecular complexity index is 470. The van der Waals surface area contributed by atoms with Gasteiger partial charge in [0.05, 0.1) is 6.61 Å². The summed E-state index contributed by atoms with van der Waals surface area (Å²) in [6, 6.07) is 0. The Morgan fingerprint density at radius 2 is 2.33 bits per heavy atom. The molecule has 0 radical (unpaired) electrons. The van der Waals surface area contributed by atoms with Gasteiger partial charge in [-0.2, -0.15) is 0 Å². The first kappa shape index (κ1) is 14.8. The van der Waals surface area contributed by atoms with Crippen LogP contribution in [0.4, 0.5) is 0 Å². The van der Waals surface area contributed by atoms with Gasteiger partial charge in [0.25, 0.3) is 0 Å². The van der Waals surface area contributed by atoms with Gasteiger partial charge >= 0.3 is 11.7 Å². The van der Waals surface area contributed by atoms with Gasteiger partial charge in [0.15, 0.2) is 5.16 Å². The SMILES string of the molecule is CCOC(=O)C(C)(CSc1n[nH]c(=O)n1C)NC. The molecule has 1 heterocycles. The van der Waals surface area contributed by atoms with Gasteiger partial charge in [-0.1, -0.05) is 11.8 Å². The number of nitrogens with one attached hydrogen (secondary N) is 2. The number of hydrogen-bond acceptors (Lipinski definition) is 6. The van der Waals surface area contributed by atoms with Crippen molar-refractivity contribution in [2.75, 3.05) is 19.4 Å². The maximum absolute atomic E-state index is 11.8. The molecular formula is C10H18N4O3S. The lowest BCUT2D eigenvalue weighted by atomic mass is 10.1. The monoisotopic (exact) mass is 274 g/mol. The van der Waals surface area contributed by atoms with E-state index < -0.39 is 5.54 Å². The third-order valence-electron chi connectivity index (χ3n) is 2.61. The second kappa shape index (κ2) is 6.05. The van der Waals surface area contributed by atoms with Crippen LogP contribution in [-0.4, -0.2) is 45.7 Å². The Balaban J connectivity index is 2.72. The molecule has 1 aromatic rings. The quantitative estimate of drug-likeness (QED) is 0.549. The van der Waals surface area contributed by atoms with E-state index in [0.717, 1.165) is 0 Å². The highest BCUT2D eigenvalue weighted by atomic mass is 32.2. The van der Waals surface area contributed by atoms with E-state index in [0.29, 0.717) is 17.5 Å². The number of carbonyl (C=O) groups excluding carboxylic acids is 1. The van der Waals surface area contributed by atoms with Crippen LogP contribution < -0.4 is 11.0 Å². The maximum Gasteiger partial charge on any atom is 0.343 e. The molecule has 0 spiro atoms. The summed E-state index contributed by atoms with van der Waals surface area (Å²) in [6.45, 7) is 3.85. The molecule has 0 aliphatic rings. The molecule has 1 rings (SSSR count). The predicted octanol–water partition coefficient (Wildman–Crippen LogP) is -0.258. The van der Waals surface area contributed by atoms with E-state index in [9.17, 15) is 9.59 Å². The van der Waals surface area contributed by atoms with E-state index >= 15 is 0 Å². The Morgan fingerprint density at radius 3 is 2.78 bits per heavy atom. The van der Waals surface area contributed by atoms with Crippen molar-refractivity contribution < 1.29 is 9.53 Å². The average molecular weight is 274 g/mol. The standard InChI is InChI=1S/C10H18N4O3S/c1-5-17-7(15)10(2,11-3)6-18-9-13-12-8(16)14(9)4/h11H,5-6H2,1-4H3,(H,12,16). The Morgan fingerprint density at radius 1 is 1.67 bits per heavy atom. The van der Waals surface area contributed by atoms with Crippen LogP contribution in [0.15, 0.2) is 9.95 Å². The second-order valence-corrected chi connectivity index (χ2v) is 4.90. The first-order valence-corrected chi connectivity index (χ1v) is 6.53. The van der Waals surface area contributed by atoms with Crippen LogP contribution in [0.3, 0.4) is 0 Å². The van der Waals surface area contributed by atoms with Crippen molar-refractivity contribution in [1.29, 1.82) is 0 Å². The molecule has 0 aliphatic carbocycles. The highest BCUT2D eigenvalue weighted by Gasteiger charge is 2.33. The Kier molecular flexibility index (Phi) is 4.97. The minimum atomic E-state index is -0.810. The summed E-state index contributed by atoms with van der Waals surface area (Å²) in [5.41, 5.74) is -1.09. The lowest BCUT2D eigenvalue weighted by Gasteiger charge is -2.25. The van der Waals surface area contributed by atoms with Crippen LogP contribution in [0, 0.1) is 0 Å². The third-order valence-corrected chi connectivity index (χ3v) is 3.95. The topological polar surface area (TPSA) is 89.0 Å². The number of aromatic amines is 1. The third kappa shape index (κ3) is 3.14. The summed E-state index contributed by atoms with van der Waals surface area (Å²) >= 11 is 1.31. The summed E-state index contributed by atoms with van der Waals surface area (Å²) in [5.74, 6) is 0.0982. The highest BCUT2D eigenvalue weighted by Crippen LogP contribution is 2.20. The number of hydrogen-bond donors (Lipinski definition) is 2. The molecule has 2 N–H and O–H groups in total. The summed E-state index contributed by atoms with van der Waals surface area (Å²) in [4.78, 5) is 23.0. The molecule has 1 unspecified atom stereocenters. The van der Waals surface area contributed by atoms with Crippen LogP contribution in [0.5, 0.6) is 0 Å². The maximum atomic E-state index is 11.8. The molecule has 7 nitrogen and oxygen atoms in total. The summed E-state index contributed by atoms with van der Waals surface area (Å²) < 4.78 is 6.41. The number of aromatic nitrogens is 3. The zero-order valence-corrected chi connectivity index (χ0v) is 11.8. The number of ether oxygens (including phenoxy) is 1. The molecule has 1 aromatic heterocycles. The fourth-order valence-corrected chi connectivity index (χ4v) is 2.26. The van der Waals surface area contributed by atoms with Crippen LogP contribution in [0.2, 0.25) is 0 Å². The molecule has 0 bridgehead atoms. The van der Waals surface area contributed by atoms with Gasteiger partial charge in [-0.15, -0.1) is 5.10 Å². The summed E-state index contributed by atoms with van der Waals surface area (Å²) in [5, 5.41) is 9.68. The van der Waals surface area contributed by atoms with Gasteiger partial charge in [-0.3, -0.25) is 9.36 Å². The molecular weight excluding hydrogens is 256 g/mol. The van der Waals surface area contributed by atoms with Crippen LogP contribution in [0.25, 0.3) is 0 Å². The van der Waals surface area contributed by atoms with E-state index in [1.807, 2.05) is 0 Å². The van der Waals surface area contributed by atoms with Crippen molar-refractivity contribution in [3.05, 3.63) is 10.5 Å². The van der Waals surface area contributed by atoms with E-state index in [1.165, 1.54) is 16.3 Å². The fourth-order valence-electron chi connectivity index (χ4n) is 1.19. The minimum Gasteiger partial charge on any atom is -0.465 e. The van der Waals surface area contributed by atoms with Gasteiger partial charge in [0, 0.05) is 12.8 Å². The van der Waals surface area contributed by atoms with Crippen LogP contribution >= 0.6 is 11.8 Å². The number of thioether (sulfide) groups is 1. The number of nitrogens with zero attached hydrogens (tertiary/aromatic N) is 2. The lowest BCUT2D eigenvalue weighted by Crippen LogP contribution is -2.50. The second-order valence-electron chi connectivity index (χ2n) is 3.96. The van der Waals surface area contributed by atoms with Gasteiger partial charge in [-0.25, -0.2) is 9.89 Å². The predicted molar refractivity (Wildman–Crippen MR) is 68.7 cm³/mol. The number of rotatable bonds is 6. The number of likely N-dealkylation sites (N-methyl/N-ethyl adjacent to an activating group) is 1. The molecule has 0 fully saturated rings.